The molecule has 1 N–H and O–H groups in total. The van der Waals surface area contributed by atoms with E-state index in [1.165, 1.54) is 11.0 Å². The topological polar surface area (TPSA) is 92.9 Å². The highest BCUT2D eigenvalue weighted by Gasteiger charge is 2.35. The van der Waals surface area contributed by atoms with E-state index in [0.29, 0.717) is 37.3 Å². The molecule has 1 aromatic carbocycles. The van der Waals surface area contributed by atoms with Crippen LogP contribution in [0.5, 0.6) is 5.75 Å². The van der Waals surface area contributed by atoms with E-state index in [4.69, 9.17) is 9.15 Å². The zero-order valence-corrected chi connectivity index (χ0v) is 20.3. The van der Waals surface area contributed by atoms with Crippen LogP contribution in [0.15, 0.2) is 46.9 Å². The van der Waals surface area contributed by atoms with Crippen LogP contribution in [0, 0.1) is 6.92 Å². The van der Waals surface area contributed by atoms with Crippen LogP contribution in [0.4, 0.5) is 0 Å². The normalized spacial score (nSPS) is 15.7. The predicted molar refractivity (Wildman–Crippen MR) is 130 cm³/mol. The van der Waals surface area contributed by atoms with E-state index in [2.05, 4.69) is 11.9 Å². The smallest absolute Gasteiger partial charge is 0.331 e. The number of amides is 1. The fourth-order valence-corrected chi connectivity index (χ4v) is 4.15. The Morgan fingerprint density at radius 2 is 2.09 bits per heavy atom. The summed E-state index contributed by atoms with van der Waals surface area (Å²) in [7, 11) is 0. The van der Waals surface area contributed by atoms with E-state index in [1.807, 2.05) is 26.0 Å². The average Bonchev–Trinajstić information content (AvgIpc) is 3.17. The lowest BCUT2D eigenvalue weighted by Gasteiger charge is -2.34. The van der Waals surface area contributed by atoms with Crippen LogP contribution in [0.25, 0.3) is 0 Å². The Kier molecular flexibility index (Phi) is 9.08. The van der Waals surface area contributed by atoms with Crippen molar-refractivity contribution in [2.45, 2.75) is 65.3 Å². The lowest BCUT2D eigenvalue weighted by Crippen LogP contribution is -2.42. The number of fused-ring (bicyclic) bond motifs is 1. The molecule has 0 aliphatic carbocycles. The summed E-state index contributed by atoms with van der Waals surface area (Å²) < 4.78 is 11.7. The Bertz CT molecular complexity index is 1050. The van der Waals surface area contributed by atoms with Gasteiger partial charge < -0.3 is 19.2 Å². The Morgan fingerprint density at radius 3 is 2.82 bits per heavy atom. The Labute approximate surface area is 201 Å². The molecular formula is C27H34N2O5. The fraction of sp³-hybridized carbons (Fsp3) is 0.444. The van der Waals surface area contributed by atoms with Crippen molar-refractivity contribution in [1.29, 1.82) is 0 Å². The number of carbonyl (C=O) groups is 2. The second kappa shape index (κ2) is 12.2. The highest BCUT2D eigenvalue weighted by molar-refractivity contribution is 5.92. The number of aromatic nitrogens is 1. The number of unbranched alkanes of at least 4 members (excludes halogenated alkanes) is 2. The van der Waals surface area contributed by atoms with Crippen molar-refractivity contribution in [3.8, 4) is 5.75 Å². The zero-order chi connectivity index (χ0) is 24.5. The molecule has 1 atom stereocenters. The molecule has 0 radical (unpaired) electrons. The van der Waals surface area contributed by atoms with Gasteiger partial charge in [-0.15, -0.1) is 0 Å². The van der Waals surface area contributed by atoms with E-state index in [1.54, 1.807) is 24.3 Å². The molecule has 1 unspecified atom stereocenters. The van der Waals surface area contributed by atoms with Gasteiger partial charge in [-0.05, 0) is 49.9 Å². The van der Waals surface area contributed by atoms with Crippen molar-refractivity contribution >= 4 is 11.9 Å². The third-order valence-electron chi connectivity index (χ3n) is 5.94. The third-order valence-corrected chi connectivity index (χ3v) is 5.94. The number of nitrogens with zero attached hydrogens (tertiary/aromatic N) is 2. The molecule has 182 valence electrons. The van der Waals surface area contributed by atoms with Gasteiger partial charge in [0.1, 0.15) is 11.5 Å². The van der Waals surface area contributed by atoms with Gasteiger partial charge in [0.05, 0.1) is 12.3 Å². The quantitative estimate of drug-likeness (QED) is 0.285. The molecule has 0 spiro atoms. The second-order valence-corrected chi connectivity index (χ2v) is 8.43. The summed E-state index contributed by atoms with van der Waals surface area (Å²) >= 11 is 0. The van der Waals surface area contributed by atoms with Crippen LogP contribution in [0.2, 0.25) is 0 Å². The van der Waals surface area contributed by atoms with Gasteiger partial charge in [-0.1, -0.05) is 44.1 Å². The van der Waals surface area contributed by atoms with Crippen LogP contribution in [-0.4, -0.2) is 40.0 Å². The SMILES string of the molecule is CC=CC=CC(=O)N1CCc2ccc(OCCc3nc(CCCCC)oc3C)cc2C1C(=O)O. The van der Waals surface area contributed by atoms with Gasteiger partial charge in [-0.25, -0.2) is 9.78 Å². The lowest BCUT2D eigenvalue weighted by molar-refractivity contribution is -0.149. The van der Waals surface area contributed by atoms with Crippen molar-refractivity contribution < 1.29 is 23.8 Å². The number of ether oxygens (including phenoxy) is 1. The van der Waals surface area contributed by atoms with E-state index >= 15 is 0 Å². The Hall–Kier alpha value is -3.35. The van der Waals surface area contributed by atoms with Crippen LogP contribution < -0.4 is 4.74 Å². The van der Waals surface area contributed by atoms with Gasteiger partial charge in [0, 0.05) is 25.5 Å². The first-order valence-electron chi connectivity index (χ1n) is 12.0. The Morgan fingerprint density at radius 1 is 1.26 bits per heavy atom. The molecule has 0 saturated carbocycles. The minimum absolute atomic E-state index is 0.321. The summed E-state index contributed by atoms with van der Waals surface area (Å²) in [5, 5.41) is 9.91. The molecule has 3 rings (SSSR count). The number of carboxylic acid groups (broad SMARTS) is 1. The number of carbonyl (C=O) groups excluding carboxylic acids is 1. The van der Waals surface area contributed by atoms with Crippen molar-refractivity contribution in [3.05, 3.63) is 71.0 Å². The summed E-state index contributed by atoms with van der Waals surface area (Å²) in [4.78, 5) is 30.7. The average molecular weight is 467 g/mol. The van der Waals surface area contributed by atoms with Crippen molar-refractivity contribution in [2.75, 3.05) is 13.2 Å². The monoisotopic (exact) mass is 466 g/mol. The number of allylic oxidation sites excluding steroid dienone is 3. The van der Waals surface area contributed by atoms with Crippen LogP contribution in [0.3, 0.4) is 0 Å². The molecule has 1 aliphatic rings. The van der Waals surface area contributed by atoms with E-state index in [0.717, 1.165) is 48.6 Å². The standard InChI is InChI=1S/C27H34N2O5/c1-4-6-8-10-24-28-23(19(3)34-24)15-17-33-21-13-12-20-14-16-29(25(30)11-9-7-5-2)26(27(31)32)22(20)18-21/h5,7,9,11-13,18,26H,4,6,8,10,14-17H2,1-3H3,(H,31,32). The molecule has 7 heteroatoms. The number of aryl methyl sites for hydroxylation is 2. The first-order valence-corrected chi connectivity index (χ1v) is 12.0. The minimum Gasteiger partial charge on any atom is -0.493 e. The third kappa shape index (κ3) is 6.37. The first-order chi connectivity index (χ1) is 16.4. The van der Waals surface area contributed by atoms with Gasteiger partial charge in [0.25, 0.3) is 0 Å². The summed E-state index contributed by atoms with van der Waals surface area (Å²) in [6.45, 7) is 6.69. The van der Waals surface area contributed by atoms with Gasteiger partial charge in [-0.3, -0.25) is 4.79 Å². The fourth-order valence-electron chi connectivity index (χ4n) is 4.15. The lowest BCUT2D eigenvalue weighted by atomic mass is 9.92. The highest BCUT2D eigenvalue weighted by Crippen LogP contribution is 2.33. The van der Waals surface area contributed by atoms with Crippen LogP contribution >= 0.6 is 0 Å². The highest BCUT2D eigenvalue weighted by atomic mass is 16.5. The minimum atomic E-state index is -1.06. The van der Waals surface area contributed by atoms with Crippen LogP contribution in [-0.2, 0) is 28.9 Å². The van der Waals surface area contributed by atoms with Crippen LogP contribution in [0.1, 0.15) is 67.6 Å². The number of oxazole rings is 1. The summed E-state index contributed by atoms with van der Waals surface area (Å²) in [5.41, 5.74) is 2.41. The molecule has 1 aliphatic heterocycles. The molecule has 2 heterocycles. The largest absolute Gasteiger partial charge is 0.493 e. The van der Waals surface area contributed by atoms with E-state index in [-0.39, 0.29) is 5.91 Å². The van der Waals surface area contributed by atoms with Gasteiger partial charge in [0.15, 0.2) is 11.9 Å². The molecule has 2 aromatic rings. The maximum atomic E-state index is 12.6. The number of hydrogen-bond donors (Lipinski definition) is 1. The number of benzene rings is 1. The molecular weight excluding hydrogens is 432 g/mol. The van der Waals surface area contributed by atoms with E-state index < -0.39 is 12.0 Å². The van der Waals surface area contributed by atoms with Gasteiger partial charge >= 0.3 is 5.97 Å². The summed E-state index contributed by atoms with van der Waals surface area (Å²) in [5.74, 6) is 0.783. The predicted octanol–water partition coefficient (Wildman–Crippen LogP) is 4.98. The molecule has 7 nitrogen and oxygen atoms in total. The van der Waals surface area contributed by atoms with Crippen molar-refractivity contribution in [3.63, 3.8) is 0 Å². The van der Waals surface area contributed by atoms with Crippen molar-refractivity contribution in [2.24, 2.45) is 0 Å². The number of rotatable bonds is 11. The molecule has 1 amide bonds. The summed E-state index contributed by atoms with van der Waals surface area (Å²) in [6.07, 6.45) is 12.0. The molecule has 0 fully saturated rings. The molecule has 0 bridgehead atoms. The molecule has 1 aromatic heterocycles. The number of aliphatic carboxylic acids is 1. The Balaban J connectivity index is 1.68. The van der Waals surface area contributed by atoms with Gasteiger partial charge in [0.2, 0.25) is 5.91 Å². The number of hydrogen-bond acceptors (Lipinski definition) is 5. The summed E-state index contributed by atoms with van der Waals surface area (Å²) in [6, 6.07) is 4.45. The van der Waals surface area contributed by atoms with E-state index in [9.17, 15) is 14.7 Å². The second-order valence-electron chi connectivity index (χ2n) is 8.43. The maximum absolute atomic E-state index is 12.6. The van der Waals surface area contributed by atoms with Gasteiger partial charge in [-0.2, -0.15) is 0 Å². The first kappa shape index (κ1) is 25.3. The molecule has 0 saturated heterocycles. The number of carboxylic acids is 1. The molecule has 34 heavy (non-hydrogen) atoms. The maximum Gasteiger partial charge on any atom is 0.331 e. The zero-order valence-electron chi connectivity index (χ0n) is 20.3. The van der Waals surface area contributed by atoms with Crippen molar-refractivity contribution in [1.82, 2.24) is 9.88 Å².